The Kier molecular flexibility index (Phi) is 3.96. The molecular weight excluding hydrogens is 234 g/mol. The van der Waals surface area contributed by atoms with Gasteiger partial charge in [0.05, 0.1) is 5.92 Å². The molecule has 18 heavy (non-hydrogen) atoms. The number of nitrogens with zero attached hydrogens (tertiary/aromatic N) is 2. The summed E-state index contributed by atoms with van der Waals surface area (Å²) in [6.45, 7) is 0.214. The molecule has 1 aliphatic rings. The van der Waals surface area contributed by atoms with Gasteiger partial charge in [-0.1, -0.05) is 0 Å². The number of carboxylic acids is 1. The smallest absolute Gasteiger partial charge is 0.306 e. The van der Waals surface area contributed by atoms with E-state index in [-0.39, 0.29) is 24.4 Å². The van der Waals surface area contributed by atoms with Crippen LogP contribution in [0.5, 0.6) is 0 Å². The van der Waals surface area contributed by atoms with Crippen molar-refractivity contribution in [1.82, 2.24) is 15.1 Å². The van der Waals surface area contributed by atoms with Crippen LogP contribution in [0.2, 0.25) is 0 Å². The van der Waals surface area contributed by atoms with E-state index in [9.17, 15) is 9.59 Å². The monoisotopic (exact) mass is 251 g/mol. The predicted molar refractivity (Wildman–Crippen MR) is 63.8 cm³/mol. The zero-order chi connectivity index (χ0) is 13.0. The molecular formula is C12H17N3O3. The molecule has 1 amide bonds. The minimum absolute atomic E-state index is 0.0718. The van der Waals surface area contributed by atoms with E-state index in [4.69, 9.17) is 5.11 Å². The molecule has 0 spiro atoms. The van der Waals surface area contributed by atoms with Crippen LogP contribution in [0.25, 0.3) is 0 Å². The first-order valence-corrected chi connectivity index (χ1v) is 6.15. The Morgan fingerprint density at radius 3 is 2.61 bits per heavy atom. The van der Waals surface area contributed by atoms with Crippen molar-refractivity contribution < 1.29 is 14.7 Å². The van der Waals surface area contributed by atoms with E-state index in [1.54, 1.807) is 23.1 Å². The molecule has 1 aromatic rings. The molecule has 1 aliphatic carbocycles. The van der Waals surface area contributed by atoms with E-state index in [0.29, 0.717) is 12.8 Å². The van der Waals surface area contributed by atoms with E-state index in [0.717, 1.165) is 12.8 Å². The van der Waals surface area contributed by atoms with Crippen LogP contribution < -0.4 is 5.32 Å². The maximum absolute atomic E-state index is 11.7. The van der Waals surface area contributed by atoms with Crippen LogP contribution in [-0.4, -0.2) is 32.8 Å². The van der Waals surface area contributed by atoms with Crippen LogP contribution in [0.15, 0.2) is 18.5 Å². The zero-order valence-electron chi connectivity index (χ0n) is 10.1. The van der Waals surface area contributed by atoms with Gasteiger partial charge in [-0.2, -0.15) is 5.10 Å². The van der Waals surface area contributed by atoms with Gasteiger partial charge in [-0.15, -0.1) is 0 Å². The summed E-state index contributed by atoms with van der Waals surface area (Å²) < 4.78 is 1.57. The molecule has 0 atom stereocenters. The first-order valence-electron chi connectivity index (χ1n) is 6.15. The minimum Gasteiger partial charge on any atom is -0.481 e. The number of carboxylic acid groups (broad SMARTS) is 1. The molecule has 0 radical (unpaired) electrons. The average Bonchev–Trinajstić information content (AvgIpc) is 2.82. The lowest BCUT2D eigenvalue weighted by Crippen LogP contribution is -2.40. The van der Waals surface area contributed by atoms with Gasteiger partial charge in [-0.25, -0.2) is 0 Å². The Balaban J connectivity index is 1.74. The summed E-state index contributed by atoms with van der Waals surface area (Å²) in [6.07, 6.45) is 6.12. The Morgan fingerprint density at radius 1 is 1.33 bits per heavy atom. The lowest BCUT2D eigenvalue weighted by molar-refractivity contribution is -0.142. The molecule has 0 aromatic carbocycles. The SMILES string of the molecule is O=C(Cn1cccn1)NC1CCC(C(=O)O)CC1. The molecule has 0 unspecified atom stereocenters. The number of carbonyl (C=O) groups excluding carboxylic acids is 1. The largest absolute Gasteiger partial charge is 0.481 e. The fourth-order valence-corrected chi connectivity index (χ4v) is 2.30. The van der Waals surface area contributed by atoms with Gasteiger partial charge in [-0.3, -0.25) is 14.3 Å². The molecule has 1 fully saturated rings. The van der Waals surface area contributed by atoms with Crippen molar-refractivity contribution in [2.24, 2.45) is 5.92 Å². The third-order valence-corrected chi connectivity index (χ3v) is 3.31. The van der Waals surface area contributed by atoms with Crippen LogP contribution >= 0.6 is 0 Å². The second kappa shape index (κ2) is 5.66. The van der Waals surface area contributed by atoms with Gasteiger partial charge in [0.1, 0.15) is 6.54 Å². The van der Waals surface area contributed by atoms with Crippen molar-refractivity contribution >= 4 is 11.9 Å². The molecule has 1 saturated carbocycles. The van der Waals surface area contributed by atoms with Crippen LogP contribution in [-0.2, 0) is 16.1 Å². The molecule has 2 N–H and O–H groups in total. The number of rotatable bonds is 4. The van der Waals surface area contributed by atoms with Crippen molar-refractivity contribution in [2.75, 3.05) is 0 Å². The minimum atomic E-state index is -0.726. The van der Waals surface area contributed by atoms with E-state index in [1.165, 1.54) is 0 Å². The van der Waals surface area contributed by atoms with Gasteiger partial charge < -0.3 is 10.4 Å². The zero-order valence-corrected chi connectivity index (χ0v) is 10.1. The van der Waals surface area contributed by atoms with Gasteiger partial charge in [-0.05, 0) is 31.7 Å². The summed E-state index contributed by atoms with van der Waals surface area (Å²) in [5, 5.41) is 15.8. The quantitative estimate of drug-likeness (QED) is 0.822. The van der Waals surface area contributed by atoms with Crippen molar-refractivity contribution in [3.05, 3.63) is 18.5 Å². The number of hydrogen-bond donors (Lipinski definition) is 2. The molecule has 6 heteroatoms. The van der Waals surface area contributed by atoms with Crippen molar-refractivity contribution in [3.63, 3.8) is 0 Å². The first-order chi connectivity index (χ1) is 8.65. The van der Waals surface area contributed by atoms with E-state index in [2.05, 4.69) is 10.4 Å². The first kappa shape index (κ1) is 12.6. The molecule has 0 aliphatic heterocycles. The van der Waals surface area contributed by atoms with E-state index < -0.39 is 5.97 Å². The topological polar surface area (TPSA) is 84.2 Å². The Labute approximate surface area is 105 Å². The summed E-state index contributed by atoms with van der Waals surface area (Å²) in [5.74, 6) is -1.04. The molecule has 0 bridgehead atoms. The predicted octanol–water partition coefficient (Wildman–Crippen LogP) is 0.643. The number of nitrogens with one attached hydrogen (secondary N) is 1. The second-order valence-corrected chi connectivity index (χ2v) is 4.66. The van der Waals surface area contributed by atoms with Crippen molar-refractivity contribution in [3.8, 4) is 0 Å². The lowest BCUT2D eigenvalue weighted by Gasteiger charge is -2.26. The number of aromatic nitrogens is 2. The molecule has 2 rings (SSSR count). The highest BCUT2D eigenvalue weighted by atomic mass is 16.4. The van der Waals surface area contributed by atoms with Gasteiger partial charge in [0.25, 0.3) is 0 Å². The number of hydrogen-bond acceptors (Lipinski definition) is 3. The highest BCUT2D eigenvalue weighted by Gasteiger charge is 2.26. The average molecular weight is 251 g/mol. The second-order valence-electron chi connectivity index (χ2n) is 4.66. The summed E-state index contributed by atoms with van der Waals surface area (Å²) in [4.78, 5) is 22.5. The Bertz CT molecular complexity index is 408. The highest BCUT2D eigenvalue weighted by Crippen LogP contribution is 2.24. The van der Waals surface area contributed by atoms with Gasteiger partial charge >= 0.3 is 5.97 Å². The molecule has 0 saturated heterocycles. The maximum atomic E-state index is 11.7. The lowest BCUT2D eigenvalue weighted by atomic mass is 9.86. The van der Waals surface area contributed by atoms with Gasteiger partial charge in [0.2, 0.25) is 5.91 Å². The Morgan fingerprint density at radius 2 is 2.06 bits per heavy atom. The molecule has 6 nitrogen and oxygen atoms in total. The normalized spacial score (nSPS) is 23.6. The van der Waals surface area contributed by atoms with Gasteiger partial charge in [0.15, 0.2) is 0 Å². The van der Waals surface area contributed by atoms with Crippen LogP contribution in [0, 0.1) is 5.92 Å². The van der Waals surface area contributed by atoms with E-state index >= 15 is 0 Å². The number of amides is 1. The number of carbonyl (C=O) groups is 2. The maximum Gasteiger partial charge on any atom is 0.306 e. The fraction of sp³-hybridized carbons (Fsp3) is 0.583. The van der Waals surface area contributed by atoms with Crippen molar-refractivity contribution in [1.29, 1.82) is 0 Å². The standard InChI is InChI=1S/C12H17N3O3/c16-11(8-15-7-1-6-13-15)14-10-4-2-9(3-5-10)12(17)18/h1,6-7,9-10H,2-5,8H2,(H,14,16)(H,17,18). The third-order valence-electron chi connectivity index (χ3n) is 3.31. The Hall–Kier alpha value is -1.85. The number of aliphatic carboxylic acids is 1. The van der Waals surface area contributed by atoms with Crippen LogP contribution in [0.1, 0.15) is 25.7 Å². The summed E-state index contributed by atoms with van der Waals surface area (Å²) >= 11 is 0. The van der Waals surface area contributed by atoms with Crippen LogP contribution in [0.4, 0.5) is 0 Å². The van der Waals surface area contributed by atoms with Gasteiger partial charge in [0, 0.05) is 18.4 Å². The molecule has 1 aromatic heterocycles. The van der Waals surface area contributed by atoms with Crippen LogP contribution in [0.3, 0.4) is 0 Å². The molecule has 1 heterocycles. The summed E-state index contributed by atoms with van der Waals surface area (Å²) in [7, 11) is 0. The van der Waals surface area contributed by atoms with E-state index in [1.807, 2.05) is 0 Å². The summed E-state index contributed by atoms with van der Waals surface area (Å²) in [6, 6.07) is 1.87. The van der Waals surface area contributed by atoms with Crippen molar-refractivity contribution in [2.45, 2.75) is 38.3 Å². The molecule has 98 valence electrons. The fourth-order valence-electron chi connectivity index (χ4n) is 2.30. The third kappa shape index (κ3) is 3.32. The highest BCUT2D eigenvalue weighted by molar-refractivity contribution is 5.76. The summed E-state index contributed by atoms with van der Waals surface area (Å²) in [5.41, 5.74) is 0.